The molecule has 2 saturated heterocycles. The number of hydrogen-bond donors (Lipinski definition) is 1. The fourth-order valence-electron chi connectivity index (χ4n) is 3.25. The average molecular weight is 277 g/mol. The van der Waals surface area contributed by atoms with Gasteiger partial charge in [0.05, 0.1) is 18.5 Å². The summed E-state index contributed by atoms with van der Waals surface area (Å²) in [6, 6.07) is 5.25. The molecule has 0 bridgehead atoms. The van der Waals surface area contributed by atoms with Crippen LogP contribution in [0, 0.1) is 0 Å². The highest BCUT2D eigenvalue weighted by molar-refractivity contribution is 5.43. The Kier molecular flexibility index (Phi) is 4.38. The molecule has 0 aliphatic carbocycles. The van der Waals surface area contributed by atoms with Gasteiger partial charge in [0.1, 0.15) is 6.61 Å². The first-order chi connectivity index (χ1) is 9.86. The fraction of sp³-hybridized carbons (Fsp3) is 0.667. The van der Waals surface area contributed by atoms with Crippen LogP contribution in [-0.2, 0) is 4.74 Å². The maximum Gasteiger partial charge on any atom is 0.213 e. The van der Waals surface area contributed by atoms with Crippen molar-refractivity contribution >= 4 is 5.69 Å². The first-order valence-electron chi connectivity index (χ1n) is 7.45. The van der Waals surface area contributed by atoms with E-state index in [2.05, 4.69) is 15.2 Å². The largest absolute Gasteiger partial charge is 0.475 e. The third-order valence-electron chi connectivity index (χ3n) is 4.23. The number of nitrogens with zero attached hydrogens (tertiary/aromatic N) is 2. The van der Waals surface area contributed by atoms with Crippen LogP contribution in [0.3, 0.4) is 0 Å². The molecule has 0 amide bonds. The first kappa shape index (κ1) is 13.6. The van der Waals surface area contributed by atoms with E-state index in [4.69, 9.17) is 9.47 Å². The molecule has 0 radical (unpaired) electrons. The van der Waals surface area contributed by atoms with Crippen molar-refractivity contribution in [1.82, 2.24) is 9.88 Å². The summed E-state index contributed by atoms with van der Waals surface area (Å²) in [7, 11) is 1.66. The minimum Gasteiger partial charge on any atom is -0.475 e. The van der Waals surface area contributed by atoms with Crippen LogP contribution in [0.5, 0.6) is 5.88 Å². The molecule has 2 atom stereocenters. The van der Waals surface area contributed by atoms with Gasteiger partial charge in [0.15, 0.2) is 0 Å². The van der Waals surface area contributed by atoms with Crippen molar-refractivity contribution in [3.63, 3.8) is 0 Å². The Morgan fingerprint density at radius 1 is 1.30 bits per heavy atom. The first-order valence-corrected chi connectivity index (χ1v) is 7.45. The number of aromatic nitrogens is 1. The Hall–Kier alpha value is -1.33. The number of nitrogens with one attached hydrogen (secondary N) is 1. The topological polar surface area (TPSA) is 46.6 Å². The van der Waals surface area contributed by atoms with E-state index in [1.165, 1.54) is 32.4 Å². The van der Waals surface area contributed by atoms with Gasteiger partial charge in [-0.3, -0.25) is 4.90 Å². The number of anilines is 1. The molecule has 2 unspecified atom stereocenters. The Morgan fingerprint density at radius 3 is 3.05 bits per heavy atom. The highest BCUT2D eigenvalue weighted by atomic mass is 16.5. The SMILES string of the molecule is COCCOc1ccc(NC2CCN3CCCC23)cn1. The van der Waals surface area contributed by atoms with Gasteiger partial charge < -0.3 is 14.8 Å². The number of rotatable bonds is 6. The van der Waals surface area contributed by atoms with Gasteiger partial charge in [-0.2, -0.15) is 0 Å². The van der Waals surface area contributed by atoms with E-state index in [9.17, 15) is 0 Å². The average Bonchev–Trinajstić information content (AvgIpc) is 3.06. The van der Waals surface area contributed by atoms with Crippen molar-refractivity contribution in [2.75, 3.05) is 38.7 Å². The number of hydrogen-bond acceptors (Lipinski definition) is 5. The summed E-state index contributed by atoms with van der Waals surface area (Å²) in [6.45, 7) is 3.62. The highest BCUT2D eigenvalue weighted by Gasteiger charge is 2.36. The van der Waals surface area contributed by atoms with Gasteiger partial charge in [-0.1, -0.05) is 0 Å². The van der Waals surface area contributed by atoms with Gasteiger partial charge in [-0.05, 0) is 31.9 Å². The van der Waals surface area contributed by atoms with Gasteiger partial charge in [0, 0.05) is 31.8 Å². The lowest BCUT2D eigenvalue weighted by Crippen LogP contribution is -2.33. The van der Waals surface area contributed by atoms with E-state index in [0.717, 1.165) is 5.69 Å². The molecule has 2 aliphatic heterocycles. The maximum atomic E-state index is 5.47. The molecule has 0 aromatic carbocycles. The summed E-state index contributed by atoms with van der Waals surface area (Å²) in [6.07, 6.45) is 5.76. The zero-order valence-electron chi connectivity index (χ0n) is 12.0. The third kappa shape index (κ3) is 3.04. The van der Waals surface area contributed by atoms with Gasteiger partial charge in [-0.15, -0.1) is 0 Å². The zero-order chi connectivity index (χ0) is 13.8. The van der Waals surface area contributed by atoms with Crippen LogP contribution < -0.4 is 10.1 Å². The van der Waals surface area contributed by atoms with Crippen molar-refractivity contribution in [2.24, 2.45) is 0 Å². The number of ether oxygens (including phenoxy) is 2. The van der Waals surface area contributed by atoms with Crippen molar-refractivity contribution in [2.45, 2.75) is 31.3 Å². The number of methoxy groups -OCH3 is 1. The number of pyridine rings is 1. The molecule has 0 spiro atoms. The monoisotopic (exact) mass is 277 g/mol. The second kappa shape index (κ2) is 6.41. The van der Waals surface area contributed by atoms with Crippen LogP contribution in [0.2, 0.25) is 0 Å². The van der Waals surface area contributed by atoms with Gasteiger partial charge >= 0.3 is 0 Å². The molecule has 110 valence electrons. The van der Waals surface area contributed by atoms with E-state index >= 15 is 0 Å². The maximum absolute atomic E-state index is 5.47. The molecule has 1 N–H and O–H groups in total. The summed E-state index contributed by atoms with van der Waals surface area (Å²) in [5, 5.41) is 3.62. The smallest absolute Gasteiger partial charge is 0.213 e. The van der Waals surface area contributed by atoms with E-state index in [0.29, 0.717) is 31.2 Å². The van der Waals surface area contributed by atoms with E-state index in [1.807, 2.05) is 18.3 Å². The molecule has 3 heterocycles. The zero-order valence-corrected chi connectivity index (χ0v) is 12.0. The Bertz CT molecular complexity index is 424. The van der Waals surface area contributed by atoms with E-state index < -0.39 is 0 Å². The van der Waals surface area contributed by atoms with Crippen molar-refractivity contribution in [3.8, 4) is 5.88 Å². The summed E-state index contributed by atoms with van der Waals surface area (Å²) in [5.74, 6) is 0.654. The van der Waals surface area contributed by atoms with Crippen LogP contribution in [-0.4, -0.2) is 55.4 Å². The standard InChI is InChI=1S/C15H23N3O2/c1-19-9-10-20-15-5-4-12(11-16-15)17-13-6-8-18-7-2-3-14(13)18/h4-5,11,13-14,17H,2-3,6-10H2,1H3. The highest BCUT2D eigenvalue weighted by Crippen LogP contribution is 2.30. The summed E-state index contributed by atoms with van der Waals surface area (Å²) < 4.78 is 10.4. The predicted octanol–water partition coefficient (Wildman–Crippen LogP) is 1.76. The summed E-state index contributed by atoms with van der Waals surface area (Å²) in [4.78, 5) is 6.93. The molecule has 20 heavy (non-hydrogen) atoms. The predicted molar refractivity (Wildman–Crippen MR) is 78.2 cm³/mol. The van der Waals surface area contributed by atoms with Crippen molar-refractivity contribution in [1.29, 1.82) is 0 Å². The Morgan fingerprint density at radius 2 is 2.25 bits per heavy atom. The van der Waals surface area contributed by atoms with Crippen molar-refractivity contribution < 1.29 is 9.47 Å². The lowest BCUT2D eigenvalue weighted by molar-refractivity contribution is 0.144. The lowest BCUT2D eigenvalue weighted by atomic mass is 10.1. The summed E-state index contributed by atoms with van der Waals surface area (Å²) >= 11 is 0. The minimum absolute atomic E-state index is 0.538. The minimum atomic E-state index is 0.538. The van der Waals surface area contributed by atoms with E-state index in [1.54, 1.807) is 7.11 Å². The molecule has 1 aromatic heterocycles. The Labute approximate surface area is 120 Å². The molecule has 5 nitrogen and oxygen atoms in total. The molecular formula is C15H23N3O2. The second-order valence-electron chi connectivity index (χ2n) is 5.51. The van der Waals surface area contributed by atoms with Gasteiger partial charge in [0.25, 0.3) is 0 Å². The quantitative estimate of drug-likeness (QED) is 0.803. The molecule has 1 aromatic rings. The lowest BCUT2D eigenvalue weighted by Gasteiger charge is -2.22. The van der Waals surface area contributed by atoms with Crippen LogP contribution in [0.1, 0.15) is 19.3 Å². The van der Waals surface area contributed by atoms with Gasteiger partial charge in [-0.25, -0.2) is 4.98 Å². The second-order valence-corrected chi connectivity index (χ2v) is 5.51. The molecule has 5 heteroatoms. The normalized spacial score (nSPS) is 25.6. The molecule has 2 fully saturated rings. The fourth-order valence-corrected chi connectivity index (χ4v) is 3.25. The van der Waals surface area contributed by atoms with Crippen LogP contribution in [0.4, 0.5) is 5.69 Å². The molecule has 0 saturated carbocycles. The summed E-state index contributed by atoms with van der Waals surface area (Å²) in [5.41, 5.74) is 1.09. The van der Waals surface area contributed by atoms with Crippen molar-refractivity contribution in [3.05, 3.63) is 18.3 Å². The third-order valence-corrected chi connectivity index (χ3v) is 4.23. The van der Waals surface area contributed by atoms with Crippen LogP contribution >= 0.6 is 0 Å². The Balaban J connectivity index is 1.53. The van der Waals surface area contributed by atoms with Gasteiger partial charge in [0.2, 0.25) is 5.88 Å². The van der Waals surface area contributed by atoms with E-state index in [-0.39, 0.29) is 0 Å². The van der Waals surface area contributed by atoms with Crippen LogP contribution in [0.25, 0.3) is 0 Å². The van der Waals surface area contributed by atoms with Crippen LogP contribution in [0.15, 0.2) is 18.3 Å². The molecule has 2 aliphatic rings. The molecular weight excluding hydrogens is 254 g/mol. The molecule has 3 rings (SSSR count). The number of fused-ring (bicyclic) bond motifs is 1.